The molecule has 0 aromatic heterocycles. The number of ether oxygens (including phenoxy) is 1. The summed E-state index contributed by atoms with van der Waals surface area (Å²) < 4.78 is 6.21. The van der Waals surface area contributed by atoms with Gasteiger partial charge in [0.25, 0.3) is 0 Å². The second kappa shape index (κ2) is 6.20. The molecule has 0 saturated carbocycles. The maximum absolute atomic E-state index is 13.3. The smallest absolute Gasteiger partial charge is 0.230 e. The summed E-state index contributed by atoms with van der Waals surface area (Å²) in [4.78, 5) is 29.9. The molecule has 1 spiro atoms. The van der Waals surface area contributed by atoms with E-state index in [9.17, 15) is 9.59 Å². The molecule has 2 fully saturated rings. The van der Waals surface area contributed by atoms with Crippen molar-refractivity contribution in [2.24, 2.45) is 11.8 Å². The van der Waals surface area contributed by atoms with Crippen LogP contribution in [0.2, 0.25) is 0 Å². The van der Waals surface area contributed by atoms with E-state index in [-0.39, 0.29) is 24.0 Å². The summed E-state index contributed by atoms with van der Waals surface area (Å²) in [6, 6.07) is 6.40. The Labute approximate surface area is 161 Å². The molecule has 2 amide bonds. The summed E-state index contributed by atoms with van der Waals surface area (Å²) in [5.41, 5.74) is 2.94. The van der Waals surface area contributed by atoms with E-state index >= 15 is 0 Å². The van der Waals surface area contributed by atoms with Crippen LogP contribution in [0.5, 0.6) is 0 Å². The Morgan fingerprint density at radius 3 is 2.74 bits per heavy atom. The lowest BCUT2D eigenvalue weighted by molar-refractivity contribution is -0.143. The third-order valence-electron chi connectivity index (χ3n) is 6.53. The molecule has 4 atom stereocenters. The van der Waals surface area contributed by atoms with Crippen LogP contribution in [0.3, 0.4) is 0 Å². The third kappa shape index (κ3) is 2.71. The van der Waals surface area contributed by atoms with Crippen LogP contribution < -0.4 is 0 Å². The van der Waals surface area contributed by atoms with Crippen LogP contribution in [0.4, 0.5) is 0 Å². The second-order valence-electron chi connectivity index (χ2n) is 8.56. The summed E-state index contributed by atoms with van der Waals surface area (Å²) in [5, 5.41) is 0. The lowest BCUT2D eigenvalue weighted by atomic mass is 9.76. The van der Waals surface area contributed by atoms with Gasteiger partial charge < -0.3 is 14.5 Å². The van der Waals surface area contributed by atoms with Gasteiger partial charge in [0.05, 0.1) is 24.5 Å². The number of hydrogen-bond acceptors (Lipinski definition) is 3. The number of amides is 2. The molecule has 0 unspecified atom stereocenters. The number of benzene rings is 1. The monoisotopic (exact) mass is 368 g/mol. The van der Waals surface area contributed by atoms with Gasteiger partial charge in [0.1, 0.15) is 5.60 Å². The van der Waals surface area contributed by atoms with Crippen molar-refractivity contribution in [1.82, 2.24) is 9.80 Å². The van der Waals surface area contributed by atoms with Crippen molar-refractivity contribution in [3.8, 4) is 0 Å². The van der Waals surface area contributed by atoms with Gasteiger partial charge in [0.15, 0.2) is 0 Å². The Hall–Kier alpha value is -2.14. The highest BCUT2D eigenvalue weighted by molar-refractivity contribution is 5.93. The van der Waals surface area contributed by atoms with E-state index in [0.717, 1.165) is 5.56 Å². The highest BCUT2D eigenvalue weighted by Crippen LogP contribution is 2.52. The number of fused-ring (bicyclic) bond motifs is 1. The maximum Gasteiger partial charge on any atom is 0.230 e. The largest absolute Gasteiger partial charge is 0.360 e. The van der Waals surface area contributed by atoms with Gasteiger partial charge in [-0.2, -0.15) is 0 Å². The van der Waals surface area contributed by atoms with Crippen molar-refractivity contribution in [3.05, 3.63) is 47.0 Å². The SMILES string of the molecule is Cc1ccc(CN2C[C@]34C=C[C@H](O3)[C@H](C(=O)N(C)C(C)C)[C@H]4C2=O)cc1C. The van der Waals surface area contributed by atoms with Gasteiger partial charge in [-0.25, -0.2) is 0 Å². The Balaban J connectivity index is 1.59. The van der Waals surface area contributed by atoms with E-state index in [0.29, 0.717) is 13.1 Å². The van der Waals surface area contributed by atoms with Crippen LogP contribution in [0.25, 0.3) is 0 Å². The summed E-state index contributed by atoms with van der Waals surface area (Å²) in [7, 11) is 1.81. The zero-order chi connectivity index (χ0) is 19.5. The number of carbonyl (C=O) groups excluding carboxylic acids is 2. The first kappa shape index (κ1) is 18.2. The van der Waals surface area contributed by atoms with Crippen LogP contribution in [0, 0.1) is 25.7 Å². The molecule has 0 radical (unpaired) electrons. The fraction of sp³-hybridized carbons (Fsp3) is 0.545. The number of carbonyl (C=O) groups is 2. The number of likely N-dealkylation sites (tertiary alicyclic amines) is 1. The predicted molar refractivity (Wildman–Crippen MR) is 103 cm³/mol. The van der Waals surface area contributed by atoms with Gasteiger partial charge in [-0.3, -0.25) is 9.59 Å². The van der Waals surface area contributed by atoms with Crippen LogP contribution in [-0.4, -0.2) is 53.0 Å². The molecule has 5 heteroatoms. The number of nitrogens with zero attached hydrogens (tertiary/aromatic N) is 2. The van der Waals surface area contributed by atoms with Gasteiger partial charge in [-0.1, -0.05) is 30.4 Å². The molecular weight excluding hydrogens is 340 g/mol. The Morgan fingerprint density at radius 2 is 2.07 bits per heavy atom. The molecule has 3 aliphatic heterocycles. The summed E-state index contributed by atoms with van der Waals surface area (Å²) in [6.07, 6.45) is 3.70. The van der Waals surface area contributed by atoms with Crippen molar-refractivity contribution in [2.75, 3.05) is 13.6 Å². The fourth-order valence-corrected chi connectivity index (χ4v) is 4.61. The molecule has 2 bridgehead atoms. The molecule has 144 valence electrons. The van der Waals surface area contributed by atoms with E-state index in [4.69, 9.17) is 4.74 Å². The highest BCUT2D eigenvalue weighted by Gasteiger charge is 2.67. The van der Waals surface area contributed by atoms with Crippen molar-refractivity contribution >= 4 is 11.8 Å². The Bertz CT molecular complexity index is 831. The van der Waals surface area contributed by atoms with Gasteiger partial charge in [-0.05, 0) is 44.4 Å². The van der Waals surface area contributed by atoms with E-state index in [1.165, 1.54) is 11.1 Å². The van der Waals surface area contributed by atoms with Gasteiger partial charge >= 0.3 is 0 Å². The number of rotatable bonds is 4. The minimum Gasteiger partial charge on any atom is -0.360 e. The minimum absolute atomic E-state index is 0.00704. The van der Waals surface area contributed by atoms with E-state index in [2.05, 4.69) is 32.0 Å². The third-order valence-corrected chi connectivity index (χ3v) is 6.53. The molecule has 3 heterocycles. The molecule has 1 aromatic carbocycles. The number of hydrogen-bond donors (Lipinski definition) is 0. The molecule has 1 aromatic rings. The number of aryl methyl sites for hydroxylation is 2. The summed E-state index contributed by atoms with van der Waals surface area (Å²) >= 11 is 0. The lowest BCUT2D eigenvalue weighted by Crippen LogP contribution is -2.46. The lowest BCUT2D eigenvalue weighted by Gasteiger charge is -2.30. The van der Waals surface area contributed by atoms with Crippen LogP contribution in [0.15, 0.2) is 30.4 Å². The van der Waals surface area contributed by atoms with E-state index < -0.39 is 17.4 Å². The van der Waals surface area contributed by atoms with E-state index in [1.54, 1.807) is 4.90 Å². The Morgan fingerprint density at radius 1 is 1.33 bits per heavy atom. The second-order valence-corrected chi connectivity index (χ2v) is 8.56. The first-order valence-corrected chi connectivity index (χ1v) is 9.72. The first-order valence-electron chi connectivity index (χ1n) is 9.72. The maximum atomic E-state index is 13.3. The molecule has 5 nitrogen and oxygen atoms in total. The highest BCUT2D eigenvalue weighted by atomic mass is 16.5. The zero-order valence-electron chi connectivity index (χ0n) is 16.7. The normalized spacial score (nSPS) is 31.1. The van der Waals surface area contributed by atoms with Crippen molar-refractivity contribution in [2.45, 2.75) is 52.0 Å². The molecular formula is C22H28N2O3. The summed E-state index contributed by atoms with van der Waals surface area (Å²) in [5.74, 6) is -0.782. The summed E-state index contributed by atoms with van der Waals surface area (Å²) in [6.45, 7) is 9.22. The average Bonchev–Trinajstić information content (AvgIpc) is 3.25. The van der Waals surface area contributed by atoms with Crippen molar-refractivity contribution < 1.29 is 14.3 Å². The minimum atomic E-state index is -0.639. The van der Waals surface area contributed by atoms with Crippen LogP contribution in [0.1, 0.15) is 30.5 Å². The zero-order valence-corrected chi connectivity index (χ0v) is 16.7. The van der Waals surface area contributed by atoms with E-state index in [1.807, 2.05) is 37.9 Å². The standard InChI is InChI=1S/C22H28N2O3/c1-13(2)23(5)20(25)18-17-8-9-22(27-17)12-24(21(26)19(18)22)11-16-7-6-14(3)15(4)10-16/h6-10,13,17-19H,11-12H2,1-5H3/t17-,18-,19-,22-/m0/s1. The van der Waals surface area contributed by atoms with Crippen molar-refractivity contribution in [1.29, 1.82) is 0 Å². The topological polar surface area (TPSA) is 49.9 Å². The molecule has 2 saturated heterocycles. The van der Waals surface area contributed by atoms with Gasteiger partial charge in [0, 0.05) is 19.6 Å². The molecule has 0 N–H and O–H groups in total. The van der Waals surface area contributed by atoms with Crippen LogP contribution >= 0.6 is 0 Å². The first-order chi connectivity index (χ1) is 12.7. The Kier molecular flexibility index (Phi) is 4.18. The molecule has 3 aliphatic rings. The molecule has 4 rings (SSSR count). The predicted octanol–water partition coefficient (Wildman–Crippen LogP) is 2.45. The molecule has 0 aliphatic carbocycles. The quantitative estimate of drug-likeness (QED) is 0.767. The van der Waals surface area contributed by atoms with Crippen LogP contribution in [-0.2, 0) is 20.9 Å². The van der Waals surface area contributed by atoms with Gasteiger partial charge in [0.2, 0.25) is 11.8 Å². The fourth-order valence-electron chi connectivity index (χ4n) is 4.61. The average molecular weight is 368 g/mol. The molecule has 27 heavy (non-hydrogen) atoms. The van der Waals surface area contributed by atoms with Gasteiger partial charge in [-0.15, -0.1) is 0 Å². The van der Waals surface area contributed by atoms with Crippen molar-refractivity contribution in [3.63, 3.8) is 0 Å².